The third-order valence-corrected chi connectivity index (χ3v) is 6.96. The van der Waals surface area contributed by atoms with Crippen molar-refractivity contribution in [2.75, 3.05) is 17.2 Å². The van der Waals surface area contributed by atoms with Crippen LogP contribution in [0.2, 0.25) is 0 Å². The number of amides is 1. The van der Waals surface area contributed by atoms with Crippen molar-refractivity contribution >= 4 is 29.1 Å². The van der Waals surface area contributed by atoms with Crippen LogP contribution in [-0.2, 0) is 4.79 Å². The molecule has 8 heteroatoms. The molecule has 35 heavy (non-hydrogen) atoms. The highest BCUT2D eigenvalue weighted by Crippen LogP contribution is 2.30. The standard InChI is InChI=1S/C27H25N5O2S/c1-18-10-11-23(19(2)14-18)32-26(21-7-4-12-28-16-21)29-30-27(32)35-17-24(33)20-6-3-8-22(15-20)31-13-5-9-25(31)34/h3-4,6-8,10-12,14-16H,5,9,13,17H2,1-2H3. The van der Waals surface area contributed by atoms with E-state index in [2.05, 4.69) is 47.2 Å². The van der Waals surface area contributed by atoms with E-state index in [1.807, 2.05) is 34.9 Å². The maximum absolute atomic E-state index is 13.1. The fourth-order valence-corrected chi connectivity index (χ4v) is 5.14. The molecule has 2 aromatic carbocycles. The summed E-state index contributed by atoms with van der Waals surface area (Å²) in [5.41, 5.74) is 5.43. The Kier molecular flexibility index (Phi) is 6.46. The van der Waals surface area contributed by atoms with Gasteiger partial charge in [-0.25, -0.2) is 0 Å². The first kappa shape index (κ1) is 23.0. The number of anilines is 1. The lowest BCUT2D eigenvalue weighted by atomic mass is 10.1. The average molecular weight is 484 g/mol. The molecule has 1 aliphatic heterocycles. The Labute approximate surface area is 208 Å². The van der Waals surface area contributed by atoms with Crippen LogP contribution in [0, 0.1) is 13.8 Å². The summed E-state index contributed by atoms with van der Waals surface area (Å²) in [4.78, 5) is 31.2. The van der Waals surface area contributed by atoms with Crippen LogP contribution in [0.25, 0.3) is 17.1 Å². The van der Waals surface area contributed by atoms with E-state index in [9.17, 15) is 9.59 Å². The van der Waals surface area contributed by atoms with Gasteiger partial charge in [0.1, 0.15) is 0 Å². The van der Waals surface area contributed by atoms with Crippen LogP contribution in [0.15, 0.2) is 72.1 Å². The Hall–Kier alpha value is -3.78. The minimum atomic E-state index is -0.0263. The third-order valence-electron chi connectivity index (χ3n) is 6.03. The first-order valence-corrected chi connectivity index (χ1v) is 12.5. The molecule has 176 valence electrons. The Balaban J connectivity index is 1.43. The normalized spacial score (nSPS) is 13.4. The molecule has 1 amide bonds. The molecular formula is C27H25N5O2S. The van der Waals surface area contributed by atoms with Gasteiger partial charge in [0.15, 0.2) is 16.8 Å². The molecule has 3 heterocycles. The van der Waals surface area contributed by atoms with Crippen molar-refractivity contribution in [2.45, 2.75) is 31.8 Å². The average Bonchev–Trinajstić information content (AvgIpc) is 3.49. The molecular weight excluding hydrogens is 458 g/mol. The van der Waals surface area contributed by atoms with E-state index in [1.54, 1.807) is 23.4 Å². The van der Waals surface area contributed by atoms with E-state index in [0.717, 1.165) is 28.9 Å². The molecule has 1 aliphatic rings. The van der Waals surface area contributed by atoms with Gasteiger partial charge in [-0.1, -0.05) is 41.6 Å². The molecule has 0 spiro atoms. The third kappa shape index (κ3) is 4.74. The number of pyridine rings is 1. The van der Waals surface area contributed by atoms with E-state index >= 15 is 0 Å². The van der Waals surface area contributed by atoms with Crippen molar-refractivity contribution in [2.24, 2.45) is 0 Å². The number of thioether (sulfide) groups is 1. The lowest BCUT2D eigenvalue weighted by Gasteiger charge is -2.16. The second-order valence-electron chi connectivity index (χ2n) is 8.58. The summed E-state index contributed by atoms with van der Waals surface area (Å²) in [6.45, 7) is 4.81. The van der Waals surface area contributed by atoms with Crippen LogP contribution in [0.1, 0.15) is 34.3 Å². The van der Waals surface area contributed by atoms with E-state index in [-0.39, 0.29) is 17.4 Å². The predicted molar refractivity (Wildman–Crippen MR) is 137 cm³/mol. The SMILES string of the molecule is Cc1ccc(-n2c(SCC(=O)c3cccc(N4CCCC4=O)c3)nnc2-c2cccnc2)c(C)c1. The van der Waals surface area contributed by atoms with Gasteiger partial charge in [-0.15, -0.1) is 10.2 Å². The highest BCUT2D eigenvalue weighted by atomic mass is 32.2. The molecule has 0 N–H and O–H groups in total. The number of nitrogens with zero attached hydrogens (tertiary/aromatic N) is 5. The first-order valence-electron chi connectivity index (χ1n) is 11.5. The molecule has 0 aliphatic carbocycles. The van der Waals surface area contributed by atoms with E-state index < -0.39 is 0 Å². The summed E-state index contributed by atoms with van der Waals surface area (Å²) in [6.07, 6.45) is 4.88. The van der Waals surface area contributed by atoms with Gasteiger partial charge in [0.2, 0.25) is 5.91 Å². The number of rotatable bonds is 7. The van der Waals surface area contributed by atoms with Crippen molar-refractivity contribution in [3.63, 3.8) is 0 Å². The summed E-state index contributed by atoms with van der Waals surface area (Å²) in [5.74, 6) is 0.956. The molecule has 7 nitrogen and oxygen atoms in total. The molecule has 1 fully saturated rings. The fourth-order valence-electron chi connectivity index (χ4n) is 4.30. The quantitative estimate of drug-likeness (QED) is 0.270. The number of carbonyl (C=O) groups excluding carboxylic acids is 2. The number of carbonyl (C=O) groups is 2. The number of Topliss-reactive ketones (excluding diaryl/α,β-unsaturated/α-hetero) is 1. The van der Waals surface area contributed by atoms with Crippen LogP contribution in [0.3, 0.4) is 0 Å². The highest BCUT2D eigenvalue weighted by molar-refractivity contribution is 7.99. The van der Waals surface area contributed by atoms with Gasteiger partial charge < -0.3 is 4.90 Å². The van der Waals surface area contributed by atoms with E-state index in [0.29, 0.717) is 29.5 Å². The largest absolute Gasteiger partial charge is 0.312 e. The van der Waals surface area contributed by atoms with Crippen molar-refractivity contribution < 1.29 is 9.59 Å². The maximum atomic E-state index is 13.1. The lowest BCUT2D eigenvalue weighted by Crippen LogP contribution is -2.23. The van der Waals surface area contributed by atoms with E-state index in [4.69, 9.17) is 0 Å². The van der Waals surface area contributed by atoms with Gasteiger partial charge >= 0.3 is 0 Å². The van der Waals surface area contributed by atoms with Crippen LogP contribution < -0.4 is 4.90 Å². The van der Waals surface area contributed by atoms with Gasteiger partial charge in [0.25, 0.3) is 0 Å². The fraction of sp³-hybridized carbons (Fsp3) is 0.222. The molecule has 4 aromatic rings. The van der Waals surface area contributed by atoms with Gasteiger partial charge in [0, 0.05) is 42.2 Å². The smallest absolute Gasteiger partial charge is 0.227 e. The van der Waals surface area contributed by atoms with E-state index in [1.165, 1.54) is 17.3 Å². The van der Waals surface area contributed by atoms with Crippen molar-refractivity contribution in [3.8, 4) is 17.1 Å². The Bertz CT molecular complexity index is 1400. The van der Waals surface area contributed by atoms with Crippen LogP contribution in [0.5, 0.6) is 0 Å². The number of ketones is 1. The highest BCUT2D eigenvalue weighted by Gasteiger charge is 2.23. The van der Waals surface area contributed by atoms with Gasteiger partial charge in [-0.3, -0.25) is 19.1 Å². The molecule has 2 aromatic heterocycles. The number of hydrogen-bond donors (Lipinski definition) is 0. The summed E-state index contributed by atoms with van der Waals surface area (Å²) in [7, 11) is 0. The van der Waals surface area contributed by atoms with Crippen LogP contribution in [-0.4, -0.2) is 43.7 Å². The molecule has 0 atom stereocenters. The summed E-state index contributed by atoms with van der Waals surface area (Å²) >= 11 is 1.35. The number of hydrogen-bond acceptors (Lipinski definition) is 6. The Morgan fingerprint density at radius 1 is 1.06 bits per heavy atom. The topological polar surface area (TPSA) is 81.0 Å². The maximum Gasteiger partial charge on any atom is 0.227 e. The molecule has 0 radical (unpaired) electrons. The number of aromatic nitrogens is 4. The number of aryl methyl sites for hydroxylation is 2. The summed E-state index contributed by atoms with van der Waals surface area (Å²) in [6, 6.07) is 17.3. The molecule has 5 rings (SSSR count). The van der Waals surface area contributed by atoms with Gasteiger partial charge in [-0.2, -0.15) is 0 Å². The molecule has 0 bridgehead atoms. The molecule has 1 saturated heterocycles. The monoisotopic (exact) mass is 483 g/mol. The summed E-state index contributed by atoms with van der Waals surface area (Å²) < 4.78 is 1.99. The predicted octanol–water partition coefficient (Wildman–Crippen LogP) is 5.05. The first-order chi connectivity index (χ1) is 17.0. The molecule has 0 saturated carbocycles. The van der Waals surface area contributed by atoms with Crippen LogP contribution >= 0.6 is 11.8 Å². The minimum absolute atomic E-state index is 0.0263. The second-order valence-corrected chi connectivity index (χ2v) is 9.53. The van der Waals surface area contributed by atoms with Gasteiger partial charge in [-0.05, 0) is 56.2 Å². The zero-order valence-electron chi connectivity index (χ0n) is 19.6. The van der Waals surface area contributed by atoms with Crippen molar-refractivity contribution in [3.05, 3.63) is 83.7 Å². The zero-order valence-corrected chi connectivity index (χ0v) is 20.5. The van der Waals surface area contributed by atoms with Gasteiger partial charge in [0.05, 0.1) is 11.4 Å². The Morgan fingerprint density at radius 2 is 1.94 bits per heavy atom. The van der Waals surface area contributed by atoms with Crippen molar-refractivity contribution in [1.82, 2.24) is 19.7 Å². The lowest BCUT2D eigenvalue weighted by molar-refractivity contribution is -0.117. The zero-order chi connectivity index (χ0) is 24.4. The van der Waals surface area contributed by atoms with Crippen molar-refractivity contribution in [1.29, 1.82) is 0 Å². The Morgan fingerprint density at radius 3 is 2.69 bits per heavy atom. The number of benzene rings is 2. The summed E-state index contributed by atoms with van der Waals surface area (Å²) in [5, 5.41) is 9.51. The minimum Gasteiger partial charge on any atom is -0.312 e. The van der Waals surface area contributed by atoms with Crippen LogP contribution in [0.4, 0.5) is 5.69 Å². The second kappa shape index (κ2) is 9.84. The molecule has 0 unspecified atom stereocenters.